The van der Waals surface area contributed by atoms with Gasteiger partial charge in [-0.05, 0) is 49.7 Å². The number of carbonyl (C=O) groups is 2. The number of benzene rings is 2. The molecule has 0 atom stereocenters. The van der Waals surface area contributed by atoms with Crippen molar-refractivity contribution < 1.29 is 14.0 Å². The number of rotatable bonds is 5. The van der Waals surface area contributed by atoms with Gasteiger partial charge in [0, 0.05) is 24.8 Å². The first-order valence-corrected chi connectivity index (χ1v) is 8.53. The van der Waals surface area contributed by atoms with Crippen LogP contribution in [0.1, 0.15) is 22.8 Å². The summed E-state index contributed by atoms with van der Waals surface area (Å²) in [7, 11) is 1.53. The summed E-state index contributed by atoms with van der Waals surface area (Å²) in [5, 5.41) is 10.7. The largest absolute Gasteiger partial charge is 0.332 e. The minimum Gasteiger partial charge on any atom is -0.332 e. The Morgan fingerprint density at radius 3 is 2.70 bits per heavy atom. The smallest absolute Gasteiger partial charge is 0.254 e. The van der Waals surface area contributed by atoms with Crippen molar-refractivity contribution in [1.29, 1.82) is 0 Å². The van der Waals surface area contributed by atoms with Crippen LogP contribution in [-0.4, -0.2) is 45.3 Å². The van der Waals surface area contributed by atoms with Gasteiger partial charge in [0.15, 0.2) is 0 Å². The highest BCUT2D eigenvalue weighted by Crippen LogP contribution is 2.16. The van der Waals surface area contributed by atoms with Crippen LogP contribution in [0.2, 0.25) is 0 Å². The zero-order valence-corrected chi connectivity index (χ0v) is 15.4. The molecule has 2 amide bonds. The molecule has 0 fully saturated rings. The molecule has 2 aromatic carbocycles. The summed E-state index contributed by atoms with van der Waals surface area (Å²) in [6, 6.07) is 9.57. The van der Waals surface area contributed by atoms with E-state index in [1.54, 1.807) is 41.9 Å². The van der Waals surface area contributed by atoms with Crippen LogP contribution in [0.3, 0.4) is 0 Å². The first-order chi connectivity index (χ1) is 12.9. The van der Waals surface area contributed by atoms with Gasteiger partial charge in [-0.1, -0.05) is 11.3 Å². The van der Waals surface area contributed by atoms with Crippen LogP contribution in [0, 0.1) is 12.7 Å². The zero-order valence-electron chi connectivity index (χ0n) is 15.4. The lowest BCUT2D eigenvalue weighted by molar-refractivity contribution is -0.116. The third-order valence-corrected chi connectivity index (χ3v) is 4.24. The lowest BCUT2D eigenvalue weighted by Crippen LogP contribution is -2.34. The van der Waals surface area contributed by atoms with Crippen LogP contribution in [0.15, 0.2) is 36.4 Å². The number of hydrogen-bond donors (Lipinski definition) is 1. The third kappa shape index (κ3) is 3.94. The van der Waals surface area contributed by atoms with E-state index in [9.17, 15) is 14.0 Å². The maximum atomic E-state index is 13.6. The fourth-order valence-electron chi connectivity index (χ4n) is 2.72. The molecule has 0 radical (unpaired) electrons. The highest BCUT2D eigenvalue weighted by molar-refractivity contribution is 6.00. The van der Waals surface area contributed by atoms with Gasteiger partial charge in [-0.2, -0.15) is 0 Å². The number of carbonyl (C=O) groups excluding carboxylic acids is 2. The van der Waals surface area contributed by atoms with Gasteiger partial charge in [0.25, 0.3) is 5.91 Å². The van der Waals surface area contributed by atoms with Crippen molar-refractivity contribution in [2.24, 2.45) is 0 Å². The second-order valence-electron chi connectivity index (χ2n) is 6.28. The lowest BCUT2D eigenvalue weighted by atomic mass is 10.1. The van der Waals surface area contributed by atoms with E-state index in [0.29, 0.717) is 28.9 Å². The number of likely N-dealkylation sites (N-methyl/N-ethyl adjacent to an activating group) is 1. The molecule has 0 aliphatic heterocycles. The number of amides is 2. The summed E-state index contributed by atoms with van der Waals surface area (Å²) in [5.41, 5.74) is 2.73. The molecule has 7 nitrogen and oxygen atoms in total. The van der Waals surface area contributed by atoms with E-state index in [-0.39, 0.29) is 12.5 Å². The standard InChI is InChI=1S/C19H20FN5O2/c1-4-25-17-8-6-13(9-16(17)22-23-25)19(27)24(3)11-18(26)21-14-7-5-12(2)15(20)10-14/h5-10H,4,11H2,1-3H3,(H,21,26). The van der Waals surface area contributed by atoms with E-state index in [0.717, 1.165) is 5.52 Å². The van der Waals surface area contributed by atoms with Crippen molar-refractivity contribution in [3.05, 3.63) is 53.3 Å². The topological polar surface area (TPSA) is 80.1 Å². The van der Waals surface area contributed by atoms with E-state index in [2.05, 4.69) is 15.6 Å². The van der Waals surface area contributed by atoms with Crippen LogP contribution in [0.25, 0.3) is 11.0 Å². The van der Waals surface area contributed by atoms with Gasteiger partial charge in [-0.3, -0.25) is 9.59 Å². The Hall–Kier alpha value is -3.29. The van der Waals surface area contributed by atoms with Gasteiger partial charge >= 0.3 is 0 Å². The van der Waals surface area contributed by atoms with Gasteiger partial charge in [0.05, 0.1) is 12.1 Å². The summed E-state index contributed by atoms with van der Waals surface area (Å²) in [4.78, 5) is 26.0. The first kappa shape index (κ1) is 18.5. The number of nitrogens with one attached hydrogen (secondary N) is 1. The van der Waals surface area contributed by atoms with Crippen molar-refractivity contribution in [1.82, 2.24) is 19.9 Å². The molecular weight excluding hydrogens is 349 g/mol. The summed E-state index contributed by atoms with van der Waals surface area (Å²) in [6.07, 6.45) is 0. The molecule has 8 heteroatoms. The van der Waals surface area contributed by atoms with Gasteiger partial charge in [-0.25, -0.2) is 9.07 Å². The average Bonchev–Trinajstić information content (AvgIpc) is 3.06. The van der Waals surface area contributed by atoms with E-state index < -0.39 is 11.7 Å². The van der Waals surface area contributed by atoms with E-state index in [1.807, 2.05) is 6.92 Å². The maximum absolute atomic E-state index is 13.6. The van der Waals surface area contributed by atoms with Gasteiger partial charge < -0.3 is 10.2 Å². The molecule has 0 saturated heterocycles. The van der Waals surface area contributed by atoms with Crippen molar-refractivity contribution in [2.75, 3.05) is 18.9 Å². The summed E-state index contributed by atoms with van der Waals surface area (Å²) < 4.78 is 15.3. The van der Waals surface area contributed by atoms with E-state index in [4.69, 9.17) is 0 Å². The molecule has 0 spiro atoms. The molecule has 1 N–H and O–H groups in total. The lowest BCUT2D eigenvalue weighted by Gasteiger charge is -2.17. The van der Waals surface area contributed by atoms with E-state index in [1.165, 1.54) is 18.0 Å². The van der Waals surface area contributed by atoms with Crippen LogP contribution in [0.4, 0.5) is 10.1 Å². The fourth-order valence-corrected chi connectivity index (χ4v) is 2.72. The number of halogens is 1. The van der Waals surface area contributed by atoms with E-state index >= 15 is 0 Å². The minimum atomic E-state index is -0.410. The molecule has 0 aliphatic rings. The maximum Gasteiger partial charge on any atom is 0.254 e. The molecule has 0 saturated carbocycles. The number of hydrogen-bond acceptors (Lipinski definition) is 4. The summed E-state index contributed by atoms with van der Waals surface area (Å²) in [5.74, 6) is -1.12. The predicted molar refractivity (Wildman–Crippen MR) is 99.9 cm³/mol. The Balaban J connectivity index is 1.67. The molecule has 27 heavy (non-hydrogen) atoms. The molecule has 0 unspecified atom stereocenters. The molecule has 1 aromatic heterocycles. The molecule has 3 rings (SSSR count). The number of fused-ring (bicyclic) bond motifs is 1. The second kappa shape index (κ2) is 7.53. The molecule has 1 heterocycles. The Labute approximate surface area is 155 Å². The van der Waals surface area contributed by atoms with Crippen LogP contribution in [-0.2, 0) is 11.3 Å². The monoisotopic (exact) mass is 369 g/mol. The number of anilines is 1. The highest BCUT2D eigenvalue weighted by atomic mass is 19.1. The molecule has 0 aliphatic carbocycles. The number of aryl methyl sites for hydroxylation is 2. The second-order valence-corrected chi connectivity index (χ2v) is 6.28. The van der Waals surface area contributed by atoms with Gasteiger partial charge in [-0.15, -0.1) is 5.10 Å². The van der Waals surface area contributed by atoms with Gasteiger partial charge in [0.1, 0.15) is 11.3 Å². The molecule has 140 valence electrons. The SMILES string of the molecule is CCn1nnc2cc(C(=O)N(C)CC(=O)Nc3ccc(C)c(F)c3)ccc21. The van der Waals surface area contributed by atoms with Crippen molar-refractivity contribution >= 4 is 28.5 Å². The molecule has 0 bridgehead atoms. The average molecular weight is 369 g/mol. The van der Waals surface area contributed by atoms with Crippen LogP contribution < -0.4 is 5.32 Å². The Kier molecular flexibility index (Phi) is 5.16. The first-order valence-electron chi connectivity index (χ1n) is 8.53. The number of aromatic nitrogens is 3. The molecular formula is C19H20FN5O2. The Morgan fingerprint density at radius 2 is 2.00 bits per heavy atom. The fraction of sp³-hybridized carbons (Fsp3) is 0.263. The number of nitrogens with zero attached hydrogens (tertiary/aromatic N) is 4. The van der Waals surface area contributed by atoms with Crippen LogP contribution in [0.5, 0.6) is 0 Å². The highest BCUT2D eigenvalue weighted by Gasteiger charge is 2.17. The Morgan fingerprint density at radius 1 is 1.22 bits per heavy atom. The van der Waals surface area contributed by atoms with Gasteiger partial charge in [0.2, 0.25) is 5.91 Å². The van der Waals surface area contributed by atoms with Crippen molar-refractivity contribution in [2.45, 2.75) is 20.4 Å². The zero-order chi connectivity index (χ0) is 19.6. The normalized spacial score (nSPS) is 10.8. The third-order valence-electron chi connectivity index (χ3n) is 4.24. The van der Waals surface area contributed by atoms with Crippen molar-refractivity contribution in [3.63, 3.8) is 0 Å². The predicted octanol–water partition coefficient (Wildman–Crippen LogP) is 2.61. The summed E-state index contributed by atoms with van der Waals surface area (Å²) >= 11 is 0. The summed E-state index contributed by atoms with van der Waals surface area (Å²) in [6.45, 7) is 4.13. The molecule has 3 aromatic rings. The van der Waals surface area contributed by atoms with Crippen molar-refractivity contribution in [3.8, 4) is 0 Å². The quantitative estimate of drug-likeness (QED) is 0.750. The Bertz CT molecular complexity index is 1010. The minimum absolute atomic E-state index is 0.159. The van der Waals surface area contributed by atoms with Crippen LogP contribution >= 0.6 is 0 Å².